The van der Waals surface area contributed by atoms with Crippen molar-refractivity contribution in [3.05, 3.63) is 17.5 Å². The number of likely N-dealkylation sites (tertiary alicyclic amines) is 2. The summed E-state index contributed by atoms with van der Waals surface area (Å²) in [6, 6.07) is 3.09. The van der Waals surface area contributed by atoms with Crippen molar-refractivity contribution in [2.45, 2.75) is 44.5 Å². The third-order valence-electron chi connectivity index (χ3n) is 4.62. The highest BCUT2D eigenvalue weighted by Gasteiger charge is 2.30. The van der Waals surface area contributed by atoms with Gasteiger partial charge in [0.2, 0.25) is 0 Å². The zero-order valence-electron chi connectivity index (χ0n) is 12.8. The second-order valence-corrected chi connectivity index (χ2v) is 6.27. The molecule has 0 amide bonds. The lowest BCUT2D eigenvalue weighted by Gasteiger charge is -2.34. The maximum Gasteiger partial charge on any atom is 0.162 e. The zero-order chi connectivity index (χ0) is 14.7. The molecule has 0 aromatic carbocycles. The van der Waals surface area contributed by atoms with Gasteiger partial charge < -0.3 is 15.0 Å². The number of ether oxygens (including phenoxy) is 1. The Balaban J connectivity index is 1.47. The van der Waals surface area contributed by atoms with Gasteiger partial charge in [-0.15, -0.1) is 0 Å². The average molecular weight is 294 g/mol. The third kappa shape index (κ3) is 3.83. The molecule has 2 N–H and O–H groups in total. The molecule has 0 bridgehead atoms. The van der Waals surface area contributed by atoms with Gasteiger partial charge in [-0.25, -0.2) is 0 Å². The van der Waals surface area contributed by atoms with E-state index in [1.165, 1.54) is 6.42 Å². The first kappa shape index (κ1) is 15.0. The Hall–Kier alpha value is -0.950. The van der Waals surface area contributed by atoms with Gasteiger partial charge in [-0.3, -0.25) is 9.80 Å². The van der Waals surface area contributed by atoms with Crippen LogP contribution in [0.2, 0.25) is 0 Å². The smallest absolute Gasteiger partial charge is 0.162 e. The van der Waals surface area contributed by atoms with Crippen molar-refractivity contribution in [2.24, 2.45) is 5.73 Å². The van der Waals surface area contributed by atoms with Gasteiger partial charge in [-0.1, -0.05) is 5.16 Å². The molecule has 2 saturated heterocycles. The maximum atomic E-state index is 5.99. The molecule has 2 fully saturated rings. The first-order valence-electron chi connectivity index (χ1n) is 7.90. The summed E-state index contributed by atoms with van der Waals surface area (Å²) in [4.78, 5) is 5.08. The van der Waals surface area contributed by atoms with Gasteiger partial charge in [0, 0.05) is 44.9 Å². The summed E-state index contributed by atoms with van der Waals surface area (Å²) in [6.45, 7) is 5.94. The molecule has 2 aliphatic rings. The monoisotopic (exact) mass is 294 g/mol. The molecule has 6 heteroatoms. The molecule has 2 aliphatic heterocycles. The summed E-state index contributed by atoms with van der Waals surface area (Å²) < 4.78 is 10.3. The van der Waals surface area contributed by atoms with Crippen molar-refractivity contribution in [1.82, 2.24) is 15.0 Å². The van der Waals surface area contributed by atoms with Gasteiger partial charge in [0.15, 0.2) is 5.76 Å². The fraction of sp³-hybridized carbons (Fsp3) is 0.800. The second kappa shape index (κ2) is 6.87. The van der Waals surface area contributed by atoms with Crippen LogP contribution < -0.4 is 5.73 Å². The lowest BCUT2D eigenvalue weighted by atomic mass is 10.0. The quantitative estimate of drug-likeness (QED) is 0.867. The molecule has 1 aromatic rings. The van der Waals surface area contributed by atoms with Crippen LogP contribution in [0.4, 0.5) is 0 Å². The van der Waals surface area contributed by atoms with Crippen LogP contribution in [0.25, 0.3) is 0 Å². The SMILES string of the molecule is COCc1cc(CN2CCC(N3CCC(N)CC3)C2)no1. The van der Waals surface area contributed by atoms with Crippen LogP contribution in [-0.4, -0.2) is 60.3 Å². The summed E-state index contributed by atoms with van der Waals surface area (Å²) in [5.41, 5.74) is 6.99. The highest BCUT2D eigenvalue weighted by molar-refractivity contribution is 5.05. The minimum Gasteiger partial charge on any atom is -0.377 e. The van der Waals surface area contributed by atoms with E-state index in [0.717, 1.165) is 57.0 Å². The molecule has 21 heavy (non-hydrogen) atoms. The first-order valence-corrected chi connectivity index (χ1v) is 7.90. The molecule has 0 radical (unpaired) electrons. The molecule has 118 valence electrons. The van der Waals surface area contributed by atoms with E-state index in [4.69, 9.17) is 15.0 Å². The number of piperidine rings is 1. The van der Waals surface area contributed by atoms with Gasteiger partial charge in [-0.2, -0.15) is 0 Å². The Morgan fingerprint density at radius 2 is 2.14 bits per heavy atom. The number of hydrogen-bond donors (Lipinski definition) is 1. The highest BCUT2D eigenvalue weighted by atomic mass is 16.5. The van der Waals surface area contributed by atoms with Crippen molar-refractivity contribution < 1.29 is 9.26 Å². The molecule has 6 nitrogen and oxygen atoms in total. The zero-order valence-corrected chi connectivity index (χ0v) is 12.8. The average Bonchev–Trinajstić information content (AvgIpc) is 3.11. The lowest BCUT2D eigenvalue weighted by molar-refractivity contribution is 0.150. The summed E-state index contributed by atoms with van der Waals surface area (Å²) in [6.07, 6.45) is 3.53. The summed E-state index contributed by atoms with van der Waals surface area (Å²) in [5.74, 6) is 0.799. The molecule has 0 spiro atoms. The summed E-state index contributed by atoms with van der Waals surface area (Å²) >= 11 is 0. The van der Waals surface area contributed by atoms with Crippen LogP contribution in [-0.2, 0) is 17.9 Å². The predicted molar refractivity (Wildman–Crippen MR) is 79.7 cm³/mol. The number of rotatable bonds is 5. The Bertz CT molecular complexity index is 443. The Morgan fingerprint density at radius 1 is 1.33 bits per heavy atom. The maximum absolute atomic E-state index is 5.99. The number of hydrogen-bond acceptors (Lipinski definition) is 6. The molecule has 1 unspecified atom stereocenters. The van der Waals surface area contributed by atoms with Gasteiger partial charge in [-0.05, 0) is 32.4 Å². The van der Waals surface area contributed by atoms with Crippen LogP contribution >= 0.6 is 0 Å². The molecule has 1 aromatic heterocycles. The lowest BCUT2D eigenvalue weighted by Crippen LogP contribution is -2.46. The van der Waals surface area contributed by atoms with Crippen LogP contribution in [0.1, 0.15) is 30.7 Å². The summed E-state index contributed by atoms with van der Waals surface area (Å²) in [7, 11) is 1.66. The first-order chi connectivity index (χ1) is 10.2. The van der Waals surface area contributed by atoms with Crippen LogP contribution in [0.15, 0.2) is 10.6 Å². The Morgan fingerprint density at radius 3 is 2.90 bits per heavy atom. The van der Waals surface area contributed by atoms with Crippen LogP contribution in [0, 0.1) is 0 Å². The minimum atomic E-state index is 0.410. The molecule has 3 rings (SSSR count). The van der Waals surface area contributed by atoms with Crippen molar-refractivity contribution >= 4 is 0 Å². The van der Waals surface area contributed by atoms with Gasteiger partial charge in [0.25, 0.3) is 0 Å². The van der Waals surface area contributed by atoms with Crippen molar-refractivity contribution in [3.63, 3.8) is 0 Å². The van der Waals surface area contributed by atoms with E-state index >= 15 is 0 Å². The molecule has 1 atom stereocenters. The molecule has 0 aliphatic carbocycles. The minimum absolute atomic E-state index is 0.410. The topological polar surface area (TPSA) is 67.8 Å². The fourth-order valence-corrected chi connectivity index (χ4v) is 3.41. The van der Waals surface area contributed by atoms with Gasteiger partial charge in [0.05, 0.1) is 5.69 Å². The van der Waals surface area contributed by atoms with Crippen molar-refractivity contribution in [1.29, 1.82) is 0 Å². The molecular formula is C15H26N4O2. The van der Waals surface area contributed by atoms with Crippen LogP contribution in [0.5, 0.6) is 0 Å². The van der Waals surface area contributed by atoms with E-state index in [-0.39, 0.29) is 0 Å². The largest absolute Gasteiger partial charge is 0.377 e. The normalized spacial score (nSPS) is 25.7. The standard InChI is InChI=1S/C15H26N4O2/c1-20-11-15-8-13(17-21-15)9-18-5-4-14(10-18)19-6-2-12(16)3-7-19/h8,12,14H,2-7,9-11,16H2,1H3. The Kier molecular flexibility index (Phi) is 4.90. The number of nitrogens with zero attached hydrogens (tertiary/aromatic N) is 3. The van der Waals surface area contributed by atoms with E-state index in [1.54, 1.807) is 7.11 Å². The van der Waals surface area contributed by atoms with Gasteiger partial charge >= 0.3 is 0 Å². The van der Waals surface area contributed by atoms with E-state index in [9.17, 15) is 0 Å². The van der Waals surface area contributed by atoms with Crippen LogP contribution in [0.3, 0.4) is 0 Å². The number of nitrogens with two attached hydrogens (primary N) is 1. The number of aromatic nitrogens is 1. The van der Waals surface area contributed by atoms with Crippen molar-refractivity contribution in [2.75, 3.05) is 33.3 Å². The fourth-order valence-electron chi connectivity index (χ4n) is 3.41. The summed E-state index contributed by atoms with van der Waals surface area (Å²) in [5, 5.41) is 4.12. The Labute approximate surface area is 126 Å². The van der Waals surface area contributed by atoms with Gasteiger partial charge in [0.1, 0.15) is 6.61 Å². The molecular weight excluding hydrogens is 268 g/mol. The van der Waals surface area contributed by atoms with E-state index in [0.29, 0.717) is 18.7 Å². The third-order valence-corrected chi connectivity index (χ3v) is 4.62. The number of methoxy groups -OCH3 is 1. The van der Waals surface area contributed by atoms with E-state index in [2.05, 4.69) is 15.0 Å². The molecule has 3 heterocycles. The van der Waals surface area contributed by atoms with Crippen molar-refractivity contribution in [3.8, 4) is 0 Å². The molecule has 0 saturated carbocycles. The van der Waals surface area contributed by atoms with E-state index in [1.807, 2.05) is 6.07 Å². The van der Waals surface area contributed by atoms with E-state index < -0.39 is 0 Å². The highest BCUT2D eigenvalue weighted by Crippen LogP contribution is 2.21. The second-order valence-electron chi connectivity index (χ2n) is 6.27. The predicted octanol–water partition coefficient (Wildman–Crippen LogP) is 0.818.